The van der Waals surface area contributed by atoms with Crippen LogP contribution in [-0.2, 0) is 16.8 Å². The Hall–Kier alpha value is -2.56. The summed E-state index contributed by atoms with van der Waals surface area (Å²) in [5, 5.41) is 5.95. The third kappa shape index (κ3) is 3.28. The SMILES string of the molecule is CC(C)(C)c1ccc(CN2N=C3C=CC(N)=CN3CC2=O)cc1. The summed E-state index contributed by atoms with van der Waals surface area (Å²) in [6.45, 7) is 7.31. The van der Waals surface area contributed by atoms with Crippen LogP contribution in [-0.4, -0.2) is 28.2 Å². The average Bonchev–Trinajstić information content (AvgIpc) is 2.48. The second-order valence-electron chi connectivity index (χ2n) is 6.95. The Labute approximate surface area is 136 Å². The van der Waals surface area contributed by atoms with E-state index < -0.39 is 0 Å². The van der Waals surface area contributed by atoms with Gasteiger partial charge in [0, 0.05) is 11.9 Å². The molecule has 2 N–H and O–H groups in total. The number of hydrogen-bond donors (Lipinski definition) is 1. The number of amidine groups is 1. The molecule has 2 aliphatic rings. The van der Waals surface area contributed by atoms with Crippen LogP contribution in [0, 0.1) is 0 Å². The van der Waals surface area contributed by atoms with Crippen molar-refractivity contribution in [2.45, 2.75) is 32.7 Å². The van der Waals surface area contributed by atoms with Gasteiger partial charge in [0.2, 0.25) is 0 Å². The normalized spacial score (nSPS) is 17.8. The van der Waals surface area contributed by atoms with Gasteiger partial charge in [0.05, 0.1) is 6.54 Å². The molecule has 1 aromatic carbocycles. The summed E-state index contributed by atoms with van der Waals surface area (Å²) in [7, 11) is 0. The summed E-state index contributed by atoms with van der Waals surface area (Å²) < 4.78 is 0. The lowest BCUT2D eigenvalue weighted by molar-refractivity contribution is -0.132. The number of allylic oxidation sites excluding steroid dienone is 1. The van der Waals surface area contributed by atoms with Crippen molar-refractivity contribution in [1.82, 2.24) is 9.91 Å². The van der Waals surface area contributed by atoms with E-state index in [1.165, 1.54) is 10.6 Å². The predicted molar refractivity (Wildman–Crippen MR) is 91.2 cm³/mol. The number of nitrogens with zero attached hydrogens (tertiary/aromatic N) is 3. The van der Waals surface area contributed by atoms with Gasteiger partial charge in [-0.15, -0.1) is 0 Å². The number of benzene rings is 1. The molecule has 0 aliphatic carbocycles. The number of nitrogens with two attached hydrogens (primary N) is 1. The molecule has 23 heavy (non-hydrogen) atoms. The summed E-state index contributed by atoms with van der Waals surface area (Å²) in [4.78, 5) is 14.0. The van der Waals surface area contributed by atoms with Gasteiger partial charge in [-0.3, -0.25) is 4.79 Å². The van der Waals surface area contributed by atoms with E-state index in [0.29, 0.717) is 12.2 Å². The van der Waals surface area contributed by atoms with Gasteiger partial charge in [-0.2, -0.15) is 5.10 Å². The Balaban J connectivity index is 1.77. The van der Waals surface area contributed by atoms with Crippen LogP contribution >= 0.6 is 0 Å². The van der Waals surface area contributed by atoms with Crippen LogP contribution in [0.3, 0.4) is 0 Å². The van der Waals surface area contributed by atoms with E-state index >= 15 is 0 Å². The molecule has 0 bridgehead atoms. The summed E-state index contributed by atoms with van der Waals surface area (Å²) in [6, 6.07) is 8.37. The van der Waals surface area contributed by atoms with E-state index in [1.807, 2.05) is 6.08 Å². The first-order valence-corrected chi connectivity index (χ1v) is 7.73. The first-order chi connectivity index (χ1) is 10.8. The van der Waals surface area contributed by atoms with E-state index in [0.717, 1.165) is 11.4 Å². The molecule has 0 saturated carbocycles. The molecule has 1 amide bonds. The molecule has 0 unspecified atom stereocenters. The Morgan fingerprint density at radius 2 is 1.87 bits per heavy atom. The summed E-state index contributed by atoms with van der Waals surface area (Å²) >= 11 is 0. The molecule has 2 aliphatic heterocycles. The average molecular weight is 310 g/mol. The zero-order valence-corrected chi connectivity index (χ0v) is 13.8. The molecule has 3 rings (SSSR count). The van der Waals surface area contributed by atoms with Crippen molar-refractivity contribution in [2.24, 2.45) is 10.8 Å². The van der Waals surface area contributed by atoms with E-state index in [-0.39, 0.29) is 17.9 Å². The van der Waals surface area contributed by atoms with E-state index in [2.05, 4.69) is 50.1 Å². The fourth-order valence-corrected chi connectivity index (χ4v) is 2.59. The van der Waals surface area contributed by atoms with Gasteiger partial charge < -0.3 is 10.6 Å². The van der Waals surface area contributed by atoms with E-state index in [1.54, 1.807) is 17.2 Å². The van der Waals surface area contributed by atoms with Gasteiger partial charge in [0.1, 0.15) is 6.54 Å². The minimum atomic E-state index is -0.0343. The highest BCUT2D eigenvalue weighted by Crippen LogP contribution is 2.23. The van der Waals surface area contributed by atoms with Crippen LogP contribution in [0.2, 0.25) is 0 Å². The maximum absolute atomic E-state index is 12.3. The number of amides is 1. The number of rotatable bonds is 2. The molecular weight excluding hydrogens is 288 g/mol. The lowest BCUT2D eigenvalue weighted by Crippen LogP contribution is -2.45. The molecule has 0 atom stereocenters. The summed E-state index contributed by atoms with van der Waals surface area (Å²) in [5.41, 5.74) is 8.85. The molecule has 0 saturated heterocycles. The second-order valence-corrected chi connectivity index (χ2v) is 6.95. The Morgan fingerprint density at radius 3 is 2.52 bits per heavy atom. The number of hydrazone groups is 1. The van der Waals surface area contributed by atoms with Crippen molar-refractivity contribution in [1.29, 1.82) is 0 Å². The van der Waals surface area contributed by atoms with Crippen molar-refractivity contribution in [3.8, 4) is 0 Å². The minimum Gasteiger partial charge on any atom is -0.398 e. The zero-order valence-electron chi connectivity index (χ0n) is 13.8. The molecule has 1 aromatic rings. The topological polar surface area (TPSA) is 61.9 Å². The quantitative estimate of drug-likeness (QED) is 0.912. The van der Waals surface area contributed by atoms with Crippen LogP contribution in [0.5, 0.6) is 0 Å². The molecule has 5 heteroatoms. The van der Waals surface area contributed by atoms with Gasteiger partial charge in [0.25, 0.3) is 5.91 Å². The highest BCUT2D eigenvalue weighted by molar-refractivity contribution is 6.00. The predicted octanol–water partition coefficient (Wildman–Crippen LogP) is 2.31. The number of carbonyl (C=O) groups is 1. The van der Waals surface area contributed by atoms with Crippen LogP contribution in [0.1, 0.15) is 31.9 Å². The highest BCUT2D eigenvalue weighted by atomic mass is 16.2. The van der Waals surface area contributed by atoms with Crippen LogP contribution in [0.4, 0.5) is 0 Å². The fraction of sp³-hybridized carbons (Fsp3) is 0.333. The fourth-order valence-electron chi connectivity index (χ4n) is 2.59. The number of carbonyl (C=O) groups excluding carboxylic acids is 1. The van der Waals surface area contributed by atoms with Gasteiger partial charge in [-0.25, -0.2) is 5.01 Å². The largest absolute Gasteiger partial charge is 0.398 e. The lowest BCUT2D eigenvalue weighted by atomic mass is 9.87. The minimum absolute atomic E-state index is 0.0343. The molecule has 0 spiro atoms. The first kappa shape index (κ1) is 15.3. The van der Waals surface area contributed by atoms with E-state index in [4.69, 9.17) is 5.73 Å². The molecular formula is C18H22N4O. The van der Waals surface area contributed by atoms with Crippen molar-refractivity contribution in [2.75, 3.05) is 6.54 Å². The van der Waals surface area contributed by atoms with Gasteiger partial charge >= 0.3 is 0 Å². The summed E-state index contributed by atoms with van der Waals surface area (Å²) in [5.74, 6) is 0.707. The molecule has 0 fully saturated rings. The third-order valence-electron chi connectivity index (χ3n) is 3.99. The molecule has 0 aromatic heterocycles. The Bertz CT molecular complexity index is 708. The lowest BCUT2D eigenvalue weighted by Gasteiger charge is -2.31. The molecule has 0 radical (unpaired) electrons. The van der Waals surface area contributed by atoms with Gasteiger partial charge in [0.15, 0.2) is 5.84 Å². The van der Waals surface area contributed by atoms with Gasteiger partial charge in [-0.05, 0) is 28.7 Å². The molecule has 120 valence electrons. The maximum atomic E-state index is 12.3. The Morgan fingerprint density at radius 1 is 1.17 bits per heavy atom. The molecule has 2 heterocycles. The van der Waals surface area contributed by atoms with E-state index in [9.17, 15) is 4.79 Å². The van der Waals surface area contributed by atoms with Gasteiger partial charge in [-0.1, -0.05) is 45.0 Å². The third-order valence-corrected chi connectivity index (χ3v) is 3.99. The van der Waals surface area contributed by atoms with Crippen molar-refractivity contribution in [3.63, 3.8) is 0 Å². The Kier molecular flexibility index (Phi) is 3.72. The van der Waals surface area contributed by atoms with Crippen molar-refractivity contribution >= 4 is 11.7 Å². The van der Waals surface area contributed by atoms with Crippen LogP contribution in [0.25, 0.3) is 0 Å². The highest BCUT2D eigenvalue weighted by Gasteiger charge is 2.26. The maximum Gasteiger partial charge on any atom is 0.263 e. The molecule has 5 nitrogen and oxygen atoms in total. The standard InChI is InChI=1S/C18H22N4O/c1-18(2,3)14-6-4-13(5-7-14)10-22-17(23)12-21-11-15(19)8-9-16(21)20-22/h4-9,11H,10,12,19H2,1-3H3. The zero-order chi connectivity index (χ0) is 16.6. The smallest absolute Gasteiger partial charge is 0.263 e. The van der Waals surface area contributed by atoms with Crippen molar-refractivity contribution < 1.29 is 4.79 Å². The van der Waals surface area contributed by atoms with Crippen molar-refractivity contribution in [3.05, 3.63) is 59.4 Å². The number of hydrogen-bond acceptors (Lipinski definition) is 4. The first-order valence-electron chi connectivity index (χ1n) is 7.73. The monoisotopic (exact) mass is 310 g/mol. The number of fused-ring (bicyclic) bond motifs is 1. The van der Waals surface area contributed by atoms with Crippen LogP contribution < -0.4 is 5.73 Å². The second kappa shape index (κ2) is 5.57. The van der Waals surface area contributed by atoms with Crippen LogP contribution in [0.15, 0.2) is 53.4 Å². The summed E-state index contributed by atoms with van der Waals surface area (Å²) in [6.07, 6.45) is 5.37.